The third-order valence-corrected chi connectivity index (χ3v) is 4.82. The molecule has 0 spiro atoms. The number of aliphatic hydroxyl groups excluding tert-OH is 1. The Hall–Kier alpha value is -2.23. The highest BCUT2D eigenvalue weighted by molar-refractivity contribution is 5.96. The van der Waals surface area contributed by atoms with Crippen LogP contribution in [-0.2, 0) is 4.79 Å². The molecule has 2 rings (SSSR count). The number of hydrogen-bond acceptors (Lipinski definition) is 7. The van der Waals surface area contributed by atoms with E-state index in [9.17, 15) is 20.0 Å². The summed E-state index contributed by atoms with van der Waals surface area (Å²) in [6.45, 7) is 6.88. The minimum atomic E-state index is -0.514. The number of nitrogens with zero attached hydrogens (tertiary/aromatic N) is 3. The minimum absolute atomic E-state index is 0.107. The largest absolute Gasteiger partial charge is 0.495 e. The lowest BCUT2D eigenvalue weighted by Gasteiger charge is -2.39. The molecule has 0 aliphatic carbocycles. The molecule has 2 N–H and O–H groups in total. The number of amides is 1. The lowest BCUT2D eigenvalue weighted by Crippen LogP contribution is -2.55. The van der Waals surface area contributed by atoms with Gasteiger partial charge >= 0.3 is 0 Å². The number of ether oxygens (including phenoxy) is 1. The average molecular weight is 366 g/mol. The molecule has 1 saturated heterocycles. The van der Waals surface area contributed by atoms with E-state index in [2.05, 4.69) is 15.1 Å². The molecule has 1 aliphatic rings. The highest BCUT2D eigenvalue weighted by Gasteiger charge is 2.27. The number of nitro benzene ring substituents is 1. The molecule has 26 heavy (non-hydrogen) atoms. The van der Waals surface area contributed by atoms with Crippen molar-refractivity contribution in [1.29, 1.82) is 0 Å². The molecule has 144 valence electrons. The standard InChI is InChI=1S/C17H26N4O5/c1-12(11-22)19-6-8-20(9-7-19)13(2)17(23)18-15-10-14(21(24)25)4-5-16(15)26-3/h4-5,10,12-13,22H,6-9,11H2,1-3H3,(H,18,23)/t12-,13+/m1/s1. The van der Waals surface area contributed by atoms with Crippen LogP contribution in [0.1, 0.15) is 13.8 Å². The number of carbonyl (C=O) groups is 1. The number of anilines is 1. The third-order valence-electron chi connectivity index (χ3n) is 4.82. The number of aliphatic hydroxyl groups is 1. The van der Waals surface area contributed by atoms with Gasteiger partial charge in [-0.25, -0.2) is 0 Å². The van der Waals surface area contributed by atoms with Gasteiger partial charge in [0.2, 0.25) is 5.91 Å². The molecule has 1 fully saturated rings. The maximum absolute atomic E-state index is 12.6. The van der Waals surface area contributed by atoms with Gasteiger partial charge in [-0.3, -0.25) is 24.7 Å². The molecular formula is C17H26N4O5. The van der Waals surface area contributed by atoms with E-state index >= 15 is 0 Å². The van der Waals surface area contributed by atoms with E-state index in [1.54, 1.807) is 0 Å². The van der Waals surface area contributed by atoms with Gasteiger partial charge in [-0.1, -0.05) is 0 Å². The normalized spacial score (nSPS) is 18.2. The number of nitrogens with one attached hydrogen (secondary N) is 1. The summed E-state index contributed by atoms with van der Waals surface area (Å²) in [6.07, 6.45) is 0. The van der Waals surface area contributed by atoms with Gasteiger partial charge in [-0.2, -0.15) is 0 Å². The molecule has 1 amide bonds. The second-order valence-electron chi connectivity index (χ2n) is 6.41. The van der Waals surface area contributed by atoms with Crippen LogP contribution in [0.4, 0.5) is 11.4 Å². The Bertz CT molecular complexity index is 646. The number of benzene rings is 1. The molecular weight excluding hydrogens is 340 g/mol. The van der Waals surface area contributed by atoms with Gasteiger partial charge in [-0.05, 0) is 19.9 Å². The molecule has 1 aliphatic heterocycles. The Balaban J connectivity index is 2.01. The average Bonchev–Trinajstić information content (AvgIpc) is 2.66. The predicted molar refractivity (Wildman–Crippen MR) is 97.4 cm³/mol. The summed E-state index contributed by atoms with van der Waals surface area (Å²) in [5.74, 6) is 0.130. The van der Waals surface area contributed by atoms with Gasteiger partial charge in [0.1, 0.15) is 5.75 Å². The summed E-state index contributed by atoms with van der Waals surface area (Å²) in [5, 5.41) is 22.9. The molecule has 9 heteroatoms. The second kappa shape index (κ2) is 8.93. The zero-order chi connectivity index (χ0) is 19.3. The first-order valence-corrected chi connectivity index (χ1v) is 8.59. The fourth-order valence-electron chi connectivity index (χ4n) is 2.99. The zero-order valence-corrected chi connectivity index (χ0v) is 15.3. The Morgan fingerprint density at radius 3 is 2.46 bits per heavy atom. The van der Waals surface area contributed by atoms with E-state index in [0.29, 0.717) is 18.8 Å². The molecule has 2 atom stereocenters. The molecule has 1 heterocycles. The first kappa shape index (κ1) is 20.1. The number of carbonyl (C=O) groups excluding carboxylic acids is 1. The van der Waals surface area contributed by atoms with E-state index in [1.165, 1.54) is 25.3 Å². The van der Waals surface area contributed by atoms with Crippen molar-refractivity contribution in [3.8, 4) is 5.75 Å². The topological polar surface area (TPSA) is 108 Å². The van der Waals surface area contributed by atoms with Crippen LogP contribution in [0.25, 0.3) is 0 Å². The van der Waals surface area contributed by atoms with Crippen LogP contribution >= 0.6 is 0 Å². The minimum Gasteiger partial charge on any atom is -0.495 e. The fraction of sp³-hybridized carbons (Fsp3) is 0.588. The highest BCUT2D eigenvalue weighted by atomic mass is 16.6. The van der Waals surface area contributed by atoms with Crippen LogP contribution in [0, 0.1) is 10.1 Å². The van der Waals surface area contributed by atoms with Crippen LogP contribution < -0.4 is 10.1 Å². The Morgan fingerprint density at radius 1 is 1.31 bits per heavy atom. The number of rotatable bonds is 7. The summed E-state index contributed by atoms with van der Waals surface area (Å²) in [4.78, 5) is 27.3. The summed E-state index contributed by atoms with van der Waals surface area (Å²) >= 11 is 0. The second-order valence-corrected chi connectivity index (χ2v) is 6.41. The molecule has 1 aromatic carbocycles. The highest BCUT2D eigenvalue weighted by Crippen LogP contribution is 2.29. The van der Waals surface area contributed by atoms with E-state index in [-0.39, 0.29) is 36.0 Å². The van der Waals surface area contributed by atoms with Gasteiger partial charge < -0.3 is 15.2 Å². The van der Waals surface area contributed by atoms with Gasteiger partial charge in [0.05, 0.1) is 30.4 Å². The van der Waals surface area contributed by atoms with Gasteiger partial charge in [0.25, 0.3) is 5.69 Å². The Morgan fingerprint density at radius 2 is 1.92 bits per heavy atom. The van der Waals surface area contributed by atoms with Crippen LogP contribution in [0.15, 0.2) is 18.2 Å². The van der Waals surface area contributed by atoms with Crippen molar-refractivity contribution in [2.24, 2.45) is 0 Å². The molecule has 9 nitrogen and oxygen atoms in total. The molecule has 1 aromatic rings. The van der Waals surface area contributed by atoms with Gasteiger partial charge in [0.15, 0.2) is 0 Å². The number of methoxy groups -OCH3 is 1. The predicted octanol–water partition coefficient (Wildman–Crippen LogP) is 0.929. The zero-order valence-electron chi connectivity index (χ0n) is 15.3. The van der Waals surface area contributed by atoms with Crippen molar-refractivity contribution in [1.82, 2.24) is 9.80 Å². The lowest BCUT2D eigenvalue weighted by molar-refractivity contribution is -0.384. The number of hydrogen-bond donors (Lipinski definition) is 2. The molecule has 0 saturated carbocycles. The SMILES string of the molecule is COc1ccc([N+](=O)[O-])cc1NC(=O)[C@H](C)N1CCN([C@H](C)CO)CC1. The first-order chi connectivity index (χ1) is 12.4. The first-order valence-electron chi connectivity index (χ1n) is 8.59. The lowest BCUT2D eigenvalue weighted by atomic mass is 10.1. The smallest absolute Gasteiger partial charge is 0.271 e. The number of nitro groups is 1. The Kier molecular flexibility index (Phi) is 6.90. The Labute approximate surface area is 152 Å². The fourth-order valence-corrected chi connectivity index (χ4v) is 2.99. The maximum Gasteiger partial charge on any atom is 0.271 e. The molecule has 0 unspecified atom stereocenters. The van der Waals surface area contributed by atoms with Crippen LogP contribution in [-0.4, -0.2) is 77.7 Å². The molecule has 0 radical (unpaired) electrons. The van der Waals surface area contributed by atoms with E-state index in [1.807, 2.05) is 13.8 Å². The van der Waals surface area contributed by atoms with Crippen molar-refractivity contribution >= 4 is 17.3 Å². The van der Waals surface area contributed by atoms with Crippen LogP contribution in [0.3, 0.4) is 0 Å². The van der Waals surface area contributed by atoms with Crippen molar-refractivity contribution in [2.45, 2.75) is 25.9 Å². The van der Waals surface area contributed by atoms with Crippen molar-refractivity contribution in [2.75, 3.05) is 45.2 Å². The van der Waals surface area contributed by atoms with Gasteiger partial charge in [-0.15, -0.1) is 0 Å². The van der Waals surface area contributed by atoms with Crippen LogP contribution in [0.5, 0.6) is 5.75 Å². The van der Waals surface area contributed by atoms with E-state index in [0.717, 1.165) is 13.1 Å². The summed E-state index contributed by atoms with van der Waals surface area (Å²) in [5.41, 5.74) is 0.173. The monoisotopic (exact) mass is 366 g/mol. The summed E-state index contributed by atoms with van der Waals surface area (Å²) in [7, 11) is 1.45. The maximum atomic E-state index is 12.6. The van der Waals surface area contributed by atoms with Crippen molar-refractivity contribution in [3.63, 3.8) is 0 Å². The quantitative estimate of drug-likeness (QED) is 0.546. The molecule has 0 bridgehead atoms. The number of non-ortho nitro benzene ring substituents is 1. The number of piperazine rings is 1. The van der Waals surface area contributed by atoms with Crippen molar-refractivity contribution in [3.05, 3.63) is 28.3 Å². The van der Waals surface area contributed by atoms with E-state index < -0.39 is 4.92 Å². The third kappa shape index (κ3) is 4.69. The molecule has 0 aromatic heterocycles. The van der Waals surface area contributed by atoms with E-state index in [4.69, 9.17) is 4.74 Å². The summed E-state index contributed by atoms with van der Waals surface area (Å²) < 4.78 is 5.18. The van der Waals surface area contributed by atoms with Gasteiger partial charge in [0, 0.05) is 44.4 Å². The summed E-state index contributed by atoms with van der Waals surface area (Å²) in [6, 6.07) is 3.82. The van der Waals surface area contributed by atoms with Crippen LogP contribution in [0.2, 0.25) is 0 Å². The van der Waals surface area contributed by atoms with Crippen molar-refractivity contribution < 1.29 is 19.6 Å².